The summed E-state index contributed by atoms with van der Waals surface area (Å²) in [5, 5.41) is 3.30. The van der Waals surface area contributed by atoms with Crippen molar-refractivity contribution in [1.29, 1.82) is 0 Å². The number of nitrogens with zero attached hydrogens (tertiary/aromatic N) is 2. The number of nitrogens with one attached hydrogen (secondary N) is 1. The Balaban J connectivity index is 2.20. The molecule has 1 aromatic carbocycles. The van der Waals surface area contributed by atoms with Crippen LogP contribution in [0.2, 0.25) is 5.02 Å². The highest BCUT2D eigenvalue weighted by Crippen LogP contribution is 2.35. The second-order valence-electron chi connectivity index (χ2n) is 5.10. The maximum atomic E-state index is 13.0. The molecule has 0 spiro atoms. The summed E-state index contributed by atoms with van der Waals surface area (Å²) in [7, 11) is 0. The van der Waals surface area contributed by atoms with E-state index in [-0.39, 0.29) is 12.6 Å². The lowest BCUT2D eigenvalue weighted by Crippen LogP contribution is -2.13. The van der Waals surface area contributed by atoms with Crippen molar-refractivity contribution in [2.24, 2.45) is 0 Å². The van der Waals surface area contributed by atoms with Crippen molar-refractivity contribution in [3.05, 3.63) is 41.0 Å². The molecule has 24 heavy (non-hydrogen) atoms. The minimum Gasteiger partial charge on any atom is -0.477 e. The molecule has 0 saturated heterocycles. The molecule has 1 aromatic heterocycles. The van der Waals surface area contributed by atoms with E-state index in [0.29, 0.717) is 17.1 Å². The summed E-state index contributed by atoms with van der Waals surface area (Å²) in [6.07, 6.45) is -1.38. The first-order valence-electron chi connectivity index (χ1n) is 7.49. The number of anilines is 2. The zero-order valence-corrected chi connectivity index (χ0v) is 13.8. The average Bonchev–Trinajstić information content (AvgIpc) is 2.51. The Labute approximate surface area is 143 Å². The van der Waals surface area contributed by atoms with Gasteiger partial charge in [-0.05, 0) is 24.6 Å². The van der Waals surface area contributed by atoms with Gasteiger partial charge in [0, 0.05) is 16.9 Å². The maximum absolute atomic E-state index is 13.0. The van der Waals surface area contributed by atoms with Crippen molar-refractivity contribution < 1.29 is 17.9 Å². The molecule has 0 bridgehead atoms. The van der Waals surface area contributed by atoms with Gasteiger partial charge in [-0.25, -0.2) is 4.98 Å². The number of hydrogen-bond acceptors (Lipinski definition) is 4. The molecule has 0 aliphatic heterocycles. The van der Waals surface area contributed by atoms with Gasteiger partial charge in [-0.1, -0.05) is 37.4 Å². The van der Waals surface area contributed by atoms with Gasteiger partial charge >= 0.3 is 6.18 Å². The first kappa shape index (κ1) is 18.3. The quantitative estimate of drug-likeness (QED) is 0.667. The Bertz CT molecular complexity index is 680. The second-order valence-corrected chi connectivity index (χ2v) is 5.54. The number of unbranched alkanes of at least 4 members (excludes halogenated alkanes) is 2. The normalized spacial score (nSPS) is 11.4. The summed E-state index contributed by atoms with van der Waals surface area (Å²) in [4.78, 5) is 7.56. The van der Waals surface area contributed by atoms with Gasteiger partial charge in [-0.15, -0.1) is 0 Å². The Hall–Kier alpha value is -2.02. The summed E-state index contributed by atoms with van der Waals surface area (Å²) >= 11 is 5.87. The van der Waals surface area contributed by atoms with Crippen LogP contribution in [0.25, 0.3) is 0 Å². The van der Waals surface area contributed by atoms with E-state index >= 15 is 0 Å². The van der Waals surface area contributed by atoms with Crippen LogP contribution < -0.4 is 10.1 Å². The lowest BCUT2D eigenvalue weighted by molar-refractivity contribution is -0.139. The standard InChI is InChI=1S/C16H17ClF3N3O/c1-2-3-4-8-24-14-13(16(18,19)20)10-21-15(23-14)22-12-7-5-6-11(17)9-12/h5-7,9-10H,2-4,8H2,1H3,(H,21,22,23). The summed E-state index contributed by atoms with van der Waals surface area (Å²) < 4.78 is 44.3. The largest absolute Gasteiger partial charge is 0.477 e. The monoisotopic (exact) mass is 359 g/mol. The van der Waals surface area contributed by atoms with Crippen molar-refractivity contribution >= 4 is 23.2 Å². The lowest BCUT2D eigenvalue weighted by atomic mass is 10.3. The molecule has 0 aliphatic carbocycles. The fraction of sp³-hybridized carbons (Fsp3) is 0.375. The number of ether oxygens (including phenoxy) is 1. The highest BCUT2D eigenvalue weighted by atomic mass is 35.5. The molecule has 1 N–H and O–H groups in total. The summed E-state index contributed by atoms with van der Waals surface area (Å²) in [5.41, 5.74) is -0.421. The van der Waals surface area contributed by atoms with Crippen LogP contribution in [0.5, 0.6) is 5.88 Å². The van der Waals surface area contributed by atoms with Crippen LogP contribution in [0.4, 0.5) is 24.8 Å². The van der Waals surface area contributed by atoms with Gasteiger partial charge < -0.3 is 10.1 Å². The zero-order chi connectivity index (χ0) is 17.6. The molecule has 0 unspecified atom stereocenters. The van der Waals surface area contributed by atoms with Gasteiger partial charge in [0.1, 0.15) is 5.56 Å². The van der Waals surface area contributed by atoms with Crippen molar-refractivity contribution in [3.63, 3.8) is 0 Å². The summed E-state index contributed by atoms with van der Waals surface area (Å²) in [6, 6.07) is 6.71. The van der Waals surface area contributed by atoms with Crippen LogP contribution >= 0.6 is 11.6 Å². The Morgan fingerprint density at radius 3 is 2.71 bits per heavy atom. The second kappa shape index (κ2) is 8.19. The van der Waals surface area contributed by atoms with Gasteiger partial charge in [0.05, 0.1) is 6.61 Å². The minimum atomic E-state index is -4.57. The van der Waals surface area contributed by atoms with E-state index < -0.39 is 17.6 Å². The highest BCUT2D eigenvalue weighted by Gasteiger charge is 2.36. The molecule has 0 atom stereocenters. The molecule has 130 valence electrons. The average molecular weight is 360 g/mol. The predicted molar refractivity (Wildman–Crippen MR) is 86.8 cm³/mol. The zero-order valence-electron chi connectivity index (χ0n) is 13.0. The van der Waals surface area contributed by atoms with E-state index in [0.717, 1.165) is 19.0 Å². The van der Waals surface area contributed by atoms with Gasteiger partial charge in [0.25, 0.3) is 0 Å². The van der Waals surface area contributed by atoms with Gasteiger partial charge in [0.15, 0.2) is 0 Å². The van der Waals surface area contributed by atoms with Crippen LogP contribution in [0, 0.1) is 0 Å². The van der Waals surface area contributed by atoms with E-state index in [4.69, 9.17) is 16.3 Å². The molecule has 0 amide bonds. The molecule has 0 aliphatic rings. The van der Waals surface area contributed by atoms with Crippen LogP contribution in [0.3, 0.4) is 0 Å². The smallest absolute Gasteiger partial charge is 0.423 e. The molecular weight excluding hydrogens is 343 g/mol. The number of halogens is 4. The van der Waals surface area contributed by atoms with E-state index in [2.05, 4.69) is 15.3 Å². The molecule has 2 rings (SSSR count). The molecule has 0 fully saturated rings. The van der Waals surface area contributed by atoms with E-state index in [1.165, 1.54) is 0 Å². The predicted octanol–water partition coefficient (Wildman–Crippen LogP) is 5.46. The SMILES string of the molecule is CCCCCOc1nc(Nc2cccc(Cl)c2)ncc1C(F)(F)F. The molecule has 2 aromatic rings. The number of benzene rings is 1. The van der Waals surface area contributed by atoms with Crippen LogP contribution in [0.15, 0.2) is 30.5 Å². The molecular formula is C16H17ClF3N3O. The third-order valence-electron chi connectivity index (χ3n) is 3.13. The Kier molecular flexibility index (Phi) is 6.25. The molecule has 4 nitrogen and oxygen atoms in total. The lowest BCUT2D eigenvalue weighted by Gasteiger charge is -2.14. The summed E-state index contributed by atoms with van der Waals surface area (Å²) in [6.45, 7) is 2.17. The van der Waals surface area contributed by atoms with Gasteiger partial charge in [-0.2, -0.15) is 18.2 Å². The topological polar surface area (TPSA) is 47.0 Å². The van der Waals surface area contributed by atoms with Crippen LogP contribution in [-0.4, -0.2) is 16.6 Å². The molecule has 1 heterocycles. The fourth-order valence-corrected chi connectivity index (χ4v) is 2.14. The van der Waals surface area contributed by atoms with Crippen LogP contribution in [0.1, 0.15) is 31.7 Å². The molecule has 0 radical (unpaired) electrons. The fourth-order valence-electron chi connectivity index (χ4n) is 1.95. The third-order valence-corrected chi connectivity index (χ3v) is 3.36. The molecule has 0 saturated carbocycles. The van der Waals surface area contributed by atoms with Gasteiger partial charge in [0.2, 0.25) is 11.8 Å². The van der Waals surface area contributed by atoms with Crippen LogP contribution in [-0.2, 0) is 6.18 Å². The highest BCUT2D eigenvalue weighted by molar-refractivity contribution is 6.30. The number of rotatable bonds is 7. The van der Waals surface area contributed by atoms with E-state index in [9.17, 15) is 13.2 Å². The first-order chi connectivity index (χ1) is 11.4. The van der Waals surface area contributed by atoms with E-state index in [1.54, 1.807) is 24.3 Å². The minimum absolute atomic E-state index is 0.00996. The van der Waals surface area contributed by atoms with Gasteiger partial charge in [-0.3, -0.25) is 0 Å². The van der Waals surface area contributed by atoms with Crippen molar-refractivity contribution in [2.45, 2.75) is 32.4 Å². The number of hydrogen-bond donors (Lipinski definition) is 1. The third kappa shape index (κ3) is 5.26. The molecule has 8 heteroatoms. The van der Waals surface area contributed by atoms with E-state index in [1.807, 2.05) is 6.92 Å². The number of alkyl halides is 3. The Morgan fingerprint density at radius 2 is 2.04 bits per heavy atom. The first-order valence-corrected chi connectivity index (χ1v) is 7.87. The number of aromatic nitrogens is 2. The van der Waals surface area contributed by atoms with Crippen molar-refractivity contribution in [2.75, 3.05) is 11.9 Å². The Morgan fingerprint density at radius 1 is 1.25 bits per heavy atom. The summed E-state index contributed by atoms with van der Waals surface area (Å²) in [5.74, 6) is -0.464. The van der Waals surface area contributed by atoms with Crippen molar-refractivity contribution in [3.8, 4) is 5.88 Å². The van der Waals surface area contributed by atoms with Crippen molar-refractivity contribution in [1.82, 2.24) is 9.97 Å². The maximum Gasteiger partial charge on any atom is 0.423 e.